The Balaban J connectivity index is 1.41. The molecule has 1 aliphatic heterocycles. The molecule has 4 rings (SSSR count). The van der Waals surface area contributed by atoms with Crippen molar-refractivity contribution in [2.45, 2.75) is 25.2 Å². The zero-order valence-corrected chi connectivity index (χ0v) is 16.3. The molecule has 3 amide bonds. The Morgan fingerprint density at radius 1 is 1.00 bits per heavy atom. The third-order valence-electron chi connectivity index (χ3n) is 5.96. The molecule has 2 fully saturated rings. The van der Waals surface area contributed by atoms with E-state index < -0.39 is 0 Å². The van der Waals surface area contributed by atoms with Gasteiger partial charge < -0.3 is 10.1 Å². The van der Waals surface area contributed by atoms with Gasteiger partial charge in [-0.1, -0.05) is 30.3 Å². The smallest absolute Gasteiger partial charge is 0.244 e. The van der Waals surface area contributed by atoms with Crippen molar-refractivity contribution in [2.75, 3.05) is 19.0 Å². The standard InChI is InChI=1S/C23H24N2O4/c1-29-18-10-8-17(9-11-18)24-21(26)14-25-22(27)19-12-7-16(13-20(19)23(25)28)15-5-3-2-4-6-15/h2-6,8-11,16,19-20H,7,12-14H2,1H3,(H,24,26)/t16-,19-,20-/m0/s1. The van der Waals surface area contributed by atoms with Gasteiger partial charge in [-0.3, -0.25) is 19.3 Å². The summed E-state index contributed by atoms with van der Waals surface area (Å²) in [6, 6.07) is 17.0. The van der Waals surface area contributed by atoms with Crippen molar-refractivity contribution in [3.8, 4) is 5.75 Å². The van der Waals surface area contributed by atoms with Gasteiger partial charge in [-0.15, -0.1) is 0 Å². The predicted molar refractivity (Wildman–Crippen MR) is 108 cm³/mol. The van der Waals surface area contributed by atoms with Gasteiger partial charge in [-0.2, -0.15) is 0 Å². The van der Waals surface area contributed by atoms with Crippen LogP contribution in [0.4, 0.5) is 5.69 Å². The number of amides is 3. The number of methoxy groups -OCH3 is 1. The molecule has 1 heterocycles. The molecular formula is C23H24N2O4. The highest BCUT2D eigenvalue weighted by Crippen LogP contribution is 2.44. The monoisotopic (exact) mass is 392 g/mol. The summed E-state index contributed by atoms with van der Waals surface area (Å²) in [4.78, 5) is 39.2. The summed E-state index contributed by atoms with van der Waals surface area (Å²) < 4.78 is 5.09. The number of rotatable bonds is 5. The number of likely N-dealkylation sites (tertiary alicyclic amines) is 1. The van der Waals surface area contributed by atoms with E-state index in [2.05, 4.69) is 17.4 Å². The molecule has 6 heteroatoms. The first kappa shape index (κ1) is 19.2. The molecule has 6 nitrogen and oxygen atoms in total. The van der Waals surface area contributed by atoms with Crippen LogP contribution in [0.3, 0.4) is 0 Å². The maximum absolute atomic E-state index is 12.9. The van der Waals surface area contributed by atoms with Gasteiger partial charge in [0.05, 0.1) is 18.9 Å². The normalized spacial score (nSPS) is 23.6. The summed E-state index contributed by atoms with van der Waals surface area (Å²) in [7, 11) is 1.57. The van der Waals surface area contributed by atoms with E-state index in [4.69, 9.17) is 4.74 Å². The minimum Gasteiger partial charge on any atom is -0.497 e. The van der Waals surface area contributed by atoms with Crippen LogP contribution >= 0.6 is 0 Å². The summed E-state index contributed by atoms with van der Waals surface area (Å²) >= 11 is 0. The molecule has 1 saturated heterocycles. The maximum atomic E-state index is 12.9. The molecule has 2 aromatic rings. The van der Waals surface area contributed by atoms with Crippen molar-refractivity contribution in [1.82, 2.24) is 4.90 Å². The number of carbonyl (C=O) groups is 3. The maximum Gasteiger partial charge on any atom is 0.244 e. The number of fused-ring (bicyclic) bond motifs is 1. The van der Waals surface area contributed by atoms with Crippen LogP contribution in [0.2, 0.25) is 0 Å². The van der Waals surface area contributed by atoms with E-state index in [1.54, 1.807) is 31.4 Å². The predicted octanol–water partition coefficient (Wildman–Crippen LogP) is 3.20. The first-order chi connectivity index (χ1) is 14.1. The zero-order chi connectivity index (χ0) is 20.4. The first-order valence-corrected chi connectivity index (χ1v) is 9.91. The lowest BCUT2D eigenvalue weighted by Crippen LogP contribution is -2.38. The fraction of sp³-hybridized carbons (Fsp3) is 0.348. The average Bonchev–Trinajstić information content (AvgIpc) is 2.99. The molecule has 2 aromatic carbocycles. The van der Waals surface area contributed by atoms with Crippen LogP contribution in [0.5, 0.6) is 5.75 Å². The third kappa shape index (κ3) is 3.88. The fourth-order valence-corrected chi connectivity index (χ4v) is 4.45. The molecule has 150 valence electrons. The van der Waals surface area contributed by atoms with Crippen LogP contribution in [0.1, 0.15) is 30.7 Å². The molecular weight excluding hydrogens is 368 g/mol. The van der Waals surface area contributed by atoms with Gasteiger partial charge in [-0.25, -0.2) is 0 Å². The summed E-state index contributed by atoms with van der Waals surface area (Å²) in [5.74, 6) is -0.462. The van der Waals surface area contributed by atoms with Crippen molar-refractivity contribution in [3.05, 3.63) is 60.2 Å². The van der Waals surface area contributed by atoms with Crippen LogP contribution in [-0.4, -0.2) is 36.3 Å². The van der Waals surface area contributed by atoms with E-state index >= 15 is 0 Å². The van der Waals surface area contributed by atoms with Crippen molar-refractivity contribution in [3.63, 3.8) is 0 Å². The summed E-state index contributed by atoms with van der Waals surface area (Å²) in [6.45, 7) is -0.243. The van der Waals surface area contributed by atoms with Crippen LogP contribution < -0.4 is 10.1 Å². The highest BCUT2D eigenvalue weighted by molar-refractivity contribution is 6.08. The second-order valence-electron chi connectivity index (χ2n) is 7.67. The topological polar surface area (TPSA) is 75.7 Å². The number of hydrogen-bond donors (Lipinski definition) is 1. The van der Waals surface area contributed by atoms with Gasteiger partial charge in [0.1, 0.15) is 12.3 Å². The summed E-state index contributed by atoms with van der Waals surface area (Å²) in [5, 5.41) is 2.74. The van der Waals surface area contributed by atoms with E-state index in [1.807, 2.05) is 18.2 Å². The minimum atomic E-state index is -0.380. The number of benzene rings is 2. The van der Waals surface area contributed by atoms with E-state index in [-0.39, 0.29) is 42.0 Å². The number of imide groups is 1. The Morgan fingerprint density at radius 2 is 1.69 bits per heavy atom. The fourth-order valence-electron chi connectivity index (χ4n) is 4.45. The quantitative estimate of drug-likeness (QED) is 0.793. The average molecular weight is 392 g/mol. The Morgan fingerprint density at radius 3 is 2.38 bits per heavy atom. The Hall–Kier alpha value is -3.15. The van der Waals surface area contributed by atoms with Gasteiger partial charge in [0.2, 0.25) is 17.7 Å². The van der Waals surface area contributed by atoms with E-state index in [0.717, 1.165) is 11.3 Å². The molecule has 3 atom stereocenters. The number of anilines is 1. The molecule has 2 aliphatic rings. The number of nitrogens with one attached hydrogen (secondary N) is 1. The summed E-state index contributed by atoms with van der Waals surface area (Å²) in [6.07, 6.45) is 2.23. The lowest BCUT2D eigenvalue weighted by molar-refractivity contribution is -0.142. The molecule has 0 radical (unpaired) electrons. The minimum absolute atomic E-state index is 0.212. The number of nitrogens with zero attached hydrogens (tertiary/aromatic N) is 1. The first-order valence-electron chi connectivity index (χ1n) is 9.91. The molecule has 0 unspecified atom stereocenters. The second-order valence-corrected chi connectivity index (χ2v) is 7.67. The zero-order valence-electron chi connectivity index (χ0n) is 16.3. The van der Waals surface area contributed by atoms with E-state index in [0.29, 0.717) is 24.3 Å². The Bertz CT molecular complexity index is 910. The van der Waals surface area contributed by atoms with Gasteiger partial charge in [0.25, 0.3) is 0 Å². The van der Waals surface area contributed by atoms with Crippen LogP contribution in [0.15, 0.2) is 54.6 Å². The number of hydrogen-bond acceptors (Lipinski definition) is 4. The van der Waals surface area contributed by atoms with E-state index in [9.17, 15) is 14.4 Å². The molecule has 29 heavy (non-hydrogen) atoms. The highest BCUT2D eigenvalue weighted by atomic mass is 16.5. The van der Waals surface area contributed by atoms with Gasteiger partial charge in [0.15, 0.2) is 0 Å². The molecule has 1 saturated carbocycles. The third-order valence-corrected chi connectivity index (χ3v) is 5.96. The largest absolute Gasteiger partial charge is 0.497 e. The Labute approximate surface area is 169 Å². The number of carbonyl (C=O) groups excluding carboxylic acids is 3. The SMILES string of the molecule is COc1ccc(NC(=O)CN2C(=O)[C@H]3CC[C@H](c4ccccc4)C[C@@H]3C2=O)cc1. The van der Waals surface area contributed by atoms with Gasteiger partial charge in [-0.05, 0) is 55.0 Å². The van der Waals surface area contributed by atoms with Gasteiger partial charge >= 0.3 is 0 Å². The second kappa shape index (κ2) is 8.07. The highest BCUT2D eigenvalue weighted by Gasteiger charge is 2.50. The molecule has 1 aliphatic carbocycles. The van der Waals surface area contributed by atoms with Gasteiger partial charge in [0, 0.05) is 5.69 Å². The summed E-state index contributed by atoms with van der Waals surface area (Å²) in [5.41, 5.74) is 1.80. The lowest BCUT2D eigenvalue weighted by atomic mass is 9.73. The van der Waals surface area contributed by atoms with Crippen molar-refractivity contribution in [1.29, 1.82) is 0 Å². The van der Waals surface area contributed by atoms with Crippen LogP contribution in [0, 0.1) is 11.8 Å². The molecule has 0 bridgehead atoms. The van der Waals surface area contributed by atoms with Crippen molar-refractivity contribution >= 4 is 23.4 Å². The van der Waals surface area contributed by atoms with Crippen molar-refractivity contribution in [2.24, 2.45) is 11.8 Å². The molecule has 1 N–H and O–H groups in total. The number of ether oxygens (including phenoxy) is 1. The van der Waals surface area contributed by atoms with Crippen LogP contribution in [0.25, 0.3) is 0 Å². The molecule has 0 aromatic heterocycles. The molecule has 0 spiro atoms. The Kier molecular flexibility index (Phi) is 5.34. The van der Waals surface area contributed by atoms with Crippen molar-refractivity contribution < 1.29 is 19.1 Å². The van der Waals surface area contributed by atoms with E-state index in [1.165, 1.54) is 5.56 Å². The van der Waals surface area contributed by atoms with Crippen LogP contribution in [-0.2, 0) is 14.4 Å². The lowest BCUT2D eigenvalue weighted by Gasteiger charge is -2.28.